The van der Waals surface area contributed by atoms with Crippen molar-refractivity contribution in [2.45, 2.75) is 37.8 Å². The van der Waals surface area contributed by atoms with Crippen LogP contribution in [-0.2, 0) is 4.74 Å². The number of halogens is 1. The zero-order chi connectivity index (χ0) is 18.4. The van der Waals surface area contributed by atoms with Crippen molar-refractivity contribution < 1.29 is 14.3 Å². The third kappa shape index (κ3) is 5.08. The molecule has 0 aliphatic heterocycles. The summed E-state index contributed by atoms with van der Waals surface area (Å²) in [6, 6.07) is 16.5. The smallest absolute Gasteiger partial charge is 0.411 e. The van der Waals surface area contributed by atoms with Gasteiger partial charge in [0.25, 0.3) is 5.91 Å². The Balaban J connectivity index is 1.52. The summed E-state index contributed by atoms with van der Waals surface area (Å²) < 4.78 is 6.29. The number of benzene rings is 2. The molecule has 26 heavy (non-hydrogen) atoms. The zero-order valence-corrected chi connectivity index (χ0v) is 15.9. The van der Waals surface area contributed by atoms with Gasteiger partial charge in [-0.25, -0.2) is 4.79 Å². The number of carbonyl (C=O) groups is 2. The van der Waals surface area contributed by atoms with Gasteiger partial charge in [0, 0.05) is 22.6 Å². The highest BCUT2D eigenvalue weighted by Gasteiger charge is 2.26. The second kappa shape index (κ2) is 8.85. The molecule has 0 aromatic heterocycles. The molecule has 2 amide bonds. The van der Waals surface area contributed by atoms with E-state index in [0.29, 0.717) is 17.7 Å². The van der Waals surface area contributed by atoms with Crippen molar-refractivity contribution in [2.75, 3.05) is 5.32 Å². The van der Waals surface area contributed by atoms with Crippen molar-refractivity contribution in [3.05, 3.63) is 64.6 Å². The summed E-state index contributed by atoms with van der Waals surface area (Å²) in [7, 11) is 0. The lowest BCUT2D eigenvalue weighted by Gasteiger charge is -2.29. The second-order valence-corrected chi connectivity index (χ2v) is 7.19. The van der Waals surface area contributed by atoms with Gasteiger partial charge in [0.15, 0.2) is 0 Å². The number of amides is 2. The van der Waals surface area contributed by atoms with Gasteiger partial charge in [-0.15, -0.1) is 0 Å². The highest BCUT2D eigenvalue weighted by atomic mass is 79.9. The molecule has 0 heterocycles. The van der Waals surface area contributed by atoms with Crippen LogP contribution in [0.25, 0.3) is 0 Å². The van der Waals surface area contributed by atoms with Gasteiger partial charge in [-0.1, -0.05) is 30.3 Å². The summed E-state index contributed by atoms with van der Waals surface area (Å²) in [5.74, 6) is -0.114. The van der Waals surface area contributed by atoms with Crippen LogP contribution < -0.4 is 10.6 Å². The fourth-order valence-electron chi connectivity index (χ4n) is 3.11. The fraction of sp³-hybridized carbons (Fsp3) is 0.300. The van der Waals surface area contributed by atoms with Crippen LogP contribution in [-0.4, -0.2) is 24.1 Å². The first-order valence-electron chi connectivity index (χ1n) is 8.70. The molecule has 5 nitrogen and oxygen atoms in total. The SMILES string of the molecule is O=C(Nc1ccccc1)O[C@@H]1CCC[C@@H](NC(=O)c2ccccc2Br)C1. The number of hydrogen-bond acceptors (Lipinski definition) is 3. The Morgan fingerprint density at radius 2 is 1.73 bits per heavy atom. The van der Waals surface area contributed by atoms with Crippen LogP contribution in [0.5, 0.6) is 0 Å². The molecule has 136 valence electrons. The standard InChI is InChI=1S/C20H21BrN2O3/c21-18-12-5-4-11-17(18)19(24)22-15-9-6-10-16(13-15)26-20(25)23-14-7-2-1-3-8-14/h1-5,7-8,11-12,15-16H,6,9-10,13H2,(H,22,24)(H,23,25)/t15-,16-/m1/s1. The number of nitrogens with one attached hydrogen (secondary N) is 2. The molecular formula is C20H21BrN2O3. The first kappa shape index (κ1) is 18.5. The van der Waals surface area contributed by atoms with Gasteiger partial charge in [-0.3, -0.25) is 10.1 Å². The van der Waals surface area contributed by atoms with Crippen LogP contribution in [0.4, 0.5) is 10.5 Å². The van der Waals surface area contributed by atoms with Crippen molar-refractivity contribution in [2.24, 2.45) is 0 Å². The van der Waals surface area contributed by atoms with Gasteiger partial charge in [-0.2, -0.15) is 0 Å². The van der Waals surface area contributed by atoms with E-state index >= 15 is 0 Å². The van der Waals surface area contributed by atoms with Crippen LogP contribution in [0.1, 0.15) is 36.0 Å². The van der Waals surface area contributed by atoms with Gasteiger partial charge in [0.1, 0.15) is 6.10 Å². The first-order chi connectivity index (χ1) is 12.6. The number of anilines is 1. The molecule has 6 heteroatoms. The molecule has 2 atom stereocenters. The monoisotopic (exact) mass is 416 g/mol. The highest BCUT2D eigenvalue weighted by molar-refractivity contribution is 9.10. The molecule has 2 aromatic carbocycles. The molecule has 3 rings (SSSR count). The lowest BCUT2D eigenvalue weighted by atomic mass is 9.92. The normalized spacial score (nSPS) is 19.4. The topological polar surface area (TPSA) is 67.4 Å². The quantitative estimate of drug-likeness (QED) is 0.755. The van der Waals surface area contributed by atoms with Gasteiger partial charge in [0.05, 0.1) is 5.56 Å². The van der Waals surface area contributed by atoms with Crippen LogP contribution in [0.2, 0.25) is 0 Å². The molecule has 1 saturated carbocycles. The number of para-hydroxylation sites is 1. The van der Waals surface area contributed by atoms with Crippen molar-refractivity contribution in [3.63, 3.8) is 0 Å². The lowest BCUT2D eigenvalue weighted by molar-refractivity contribution is 0.0712. The molecule has 0 unspecified atom stereocenters. The molecule has 1 aliphatic carbocycles. The average Bonchev–Trinajstić information content (AvgIpc) is 2.63. The summed E-state index contributed by atoms with van der Waals surface area (Å²) in [5, 5.41) is 5.77. The molecule has 2 N–H and O–H groups in total. The van der Waals surface area contributed by atoms with E-state index in [-0.39, 0.29) is 18.1 Å². The van der Waals surface area contributed by atoms with Crippen molar-refractivity contribution >= 4 is 33.6 Å². The Kier molecular flexibility index (Phi) is 6.28. The van der Waals surface area contributed by atoms with Crippen molar-refractivity contribution in [1.29, 1.82) is 0 Å². The number of rotatable bonds is 4. The van der Waals surface area contributed by atoms with Crippen LogP contribution >= 0.6 is 15.9 Å². The van der Waals surface area contributed by atoms with E-state index in [0.717, 1.165) is 23.7 Å². The van der Waals surface area contributed by atoms with E-state index in [2.05, 4.69) is 26.6 Å². The van der Waals surface area contributed by atoms with E-state index in [9.17, 15) is 9.59 Å². The maximum absolute atomic E-state index is 12.4. The van der Waals surface area contributed by atoms with Crippen LogP contribution in [0.15, 0.2) is 59.1 Å². The third-order valence-electron chi connectivity index (χ3n) is 4.37. The van der Waals surface area contributed by atoms with Crippen LogP contribution in [0, 0.1) is 0 Å². The summed E-state index contributed by atoms with van der Waals surface area (Å²) in [6.07, 6.45) is 2.57. The minimum atomic E-state index is -0.459. The molecular weight excluding hydrogens is 396 g/mol. The summed E-state index contributed by atoms with van der Waals surface area (Å²) in [4.78, 5) is 24.5. The fourth-order valence-corrected chi connectivity index (χ4v) is 3.58. The molecule has 1 aliphatic rings. The van der Waals surface area contributed by atoms with E-state index in [4.69, 9.17) is 4.74 Å². The molecule has 2 aromatic rings. The Morgan fingerprint density at radius 3 is 2.50 bits per heavy atom. The molecule has 1 fully saturated rings. The van der Waals surface area contributed by atoms with E-state index in [1.165, 1.54) is 0 Å². The first-order valence-corrected chi connectivity index (χ1v) is 9.49. The Morgan fingerprint density at radius 1 is 1.00 bits per heavy atom. The molecule has 0 radical (unpaired) electrons. The predicted molar refractivity (Wildman–Crippen MR) is 104 cm³/mol. The molecule has 0 bridgehead atoms. The number of carbonyl (C=O) groups excluding carboxylic acids is 2. The lowest BCUT2D eigenvalue weighted by Crippen LogP contribution is -2.41. The minimum Gasteiger partial charge on any atom is -0.446 e. The summed E-state index contributed by atoms with van der Waals surface area (Å²) in [5.41, 5.74) is 1.31. The highest BCUT2D eigenvalue weighted by Crippen LogP contribution is 2.23. The number of ether oxygens (including phenoxy) is 1. The Bertz CT molecular complexity index is 767. The number of hydrogen-bond donors (Lipinski definition) is 2. The summed E-state index contributed by atoms with van der Waals surface area (Å²) in [6.45, 7) is 0. The third-order valence-corrected chi connectivity index (χ3v) is 5.07. The maximum Gasteiger partial charge on any atom is 0.411 e. The Labute approximate surface area is 161 Å². The minimum absolute atomic E-state index is 0.00196. The van der Waals surface area contributed by atoms with E-state index in [1.807, 2.05) is 48.5 Å². The second-order valence-electron chi connectivity index (χ2n) is 6.34. The van der Waals surface area contributed by atoms with Gasteiger partial charge < -0.3 is 10.1 Å². The molecule has 0 saturated heterocycles. The average molecular weight is 417 g/mol. The van der Waals surface area contributed by atoms with Gasteiger partial charge in [-0.05, 0) is 59.5 Å². The predicted octanol–water partition coefficient (Wildman–Crippen LogP) is 4.74. The van der Waals surface area contributed by atoms with E-state index < -0.39 is 6.09 Å². The largest absolute Gasteiger partial charge is 0.446 e. The van der Waals surface area contributed by atoms with Crippen LogP contribution in [0.3, 0.4) is 0 Å². The Hall–Kier alpha value is -2.34. The van der Waals surface area contributed by atoms with Gasteiger partial charge >= 0.3 is 6.09 Å². The van der Waals surface area contributed by atoms with Crippen molar-refractivity contribution in [1.82, 2.24) is 5.32 Å². The van der Waals surface area contributed by atoms with E-state index in [1.54, 1.807) is 6.07 Å². The van der Waals surface area contributed by atoms with Gasteiger partial charge in [0.2, 0.25) is 0 Å². The summed E-state index contributed by atoms with van der Waals surface area (Å²) >= 11 is 3.40. The molecule has 0 spiro atoms. The van der Waals surface area contributed by atoms with Crippen molar-refractivity contribution in [3.8, 4) is 0 Å². The zero-order valence-electron chi connectivity index (χ0n) is 14.3. The maximum atomic E-state index is 12.4.